The lowest BCUT2D eigenvalue weighted by Gasteiger charge is -2.22. The number of ether oxygens (including phenoxy) is 1. The zero-order valence-electron chi connectivity index (χ0n) is 19.9. The molecule has 184 valence electrons. The topological polar surface area (TPSA) is 84.0 Å². The van der Waals surface area contributed by atoms with Crippen molar-refractivity contribution in [3.05, 3.63) is 95.3 Å². The van der Waals surface area contributed by atoms with Crippen LogP contribution in [0.3, 0.4) is 0 Å². The van der Waals surface area contributed by atoms with Crippen molar-refractivity contribution in [2.24, 2.45) is 0 Å². The van der Waals surface area contributed by atoms with Gasteiger partial charge in [0.2, 0.25) is 0 Å². The van der Waals surface area contributed by atoms with Crippen LogP contribution in [0.1, 0.15) is 28.4 Å². The van der Waals surface area contributed by atoms with Gasteiger partial charge in [-0.1, -0.05) is 35.9 Å². The van der Waals surface area contributed by atoms with Crippen LogP contribution in [0.25, 0.3) is 0 Å². The third-order valence-corrected chi connectivity index (χ3v) is 7.22. The summed E-state index contributed by atoms with van der Waals surface area (Å²) in [4.78, 5) is 26.6. The van der Waals surface area contributed by atoms with Gasteiger partial charge in [-0.15, -0.1) is 0 Å². The Morgan fingerprint density at radius 1 is 0.971 bits per heavy atom. The highest BCUT2D eigenvalue weighted by Crippen LogP contribution is 2.23. The van der Waals surface area contributed by atoms with E-state index in [4.69, 9.17) is 4.74 Å². The van der Waals surface area contributed by atoms with Crippen LogP contribution in [-0.4, -0.2) is 45.4 Å². The number of carbonyl (C=O) groups is 2. The van der Waals surface area contributed by atoms with Gasteiger partial charge >= 0.3 is 5.97 Å². The summed E-state index contributed by atoms with van der Waals surface area (Å²) < 4.78 is 46.0. The lowest BCUT2D eigenvalue weighted by Crippen LogP contribution is -2.37. The Hall–Kier alpha value is -3.72. The molecule has 0 spiro atoms. The van der Waals surface area contributed by atoms with Gasteiger partial charge in [0, 0.05) is 20.6 Å². The van der Waals surface area contributed by atoms with Gasteiger partial charge in [0.1, 0.15) is 5.82 Å². The number of rotatable bonds is 8. The summed E-state index contributed by atoms with van der Waals surface area (Å²) in [5.41, 5.74) is 2.06. The Kier molecular flexibility index (Phi) is 7.91. The fourth-order valence-electron chi connectivity index (χ4n) is 3.41. The highest BCUT2D eigenvalue weighted by atomic mass is 32.2. The first-order valence-electron chi connectivity index (χ1n) is 10.8. The Morgan fingerprint density at radius 3 is 2.29 bits per heavy atom. The molecule has 0 saturated heterocycles. The number of hydrogen-bond donors (Lipinski definition) is 0. The summed E-state index contributed by atoms with van der Waals surface area (Å²) in [7, 11) is -0.987. The summed E-state index contributed by atoms with van der Waals surface area (Å²) in [5, 5.41) is 0. The summed E-state index contributed by atoms with van der Waals surface area (Å²) in [6.45, 7) is 3.46. The number of sulfonamides is 1. The fraction of sp³-hybridized carbons (Fsp3) is 0.231. The highest BCUT2D eigenvalue weighted by Gasteiger charge is 2.25. The third kappa shape index (κ3) is 6.24. The molecular formula is C26H27FN2O5S. The SMILES string of the molecule is Cc1ccc(N(C)S(=O)(=O)c2cccc(C(=O)OC(C)C(=O)N(C)Cc3cccc(F)c3)c2)cc1. The van der Waals surface area contributed by atoms with Crippen LogP contribution in [0.4, 0.5) is 10.1 Å². The highest BCUT2D eigenvalue weighted by molar-refractivity contribution is 7.92. The lowest BCUT2D eigenvalue weighted by atomic mass is 10.2. The van der Waals surface area contributed by atoms with E-state index in [1.807, 2.05) is 6.92 Å². The first-order chi connectivity index (χ1) is 16.5. The summed E-state index contributed by atoms with van der Waals surface area (Å²) in [5.74, 6) is -1.73. The molecule has 0 N–H and O–H groups in total. The monoisotopic (exact) mass is 498 g/mol. The van der Waals surface area contributed by atoms with Gasteiger partial charge < -0.3 is 9.64 Å². The zero-order valence-corrected chi connectivity index (χ0v) is 20.8. The molecule has 0 aliphatic carbocycles. The van der Waals surface area contributed by atoms with Crippen molar-refractivity contribution >= 4 is 27.6 Å². The number of anilines is 1. The van der Waals surface area contributed by atoms with Gasteiger partial charge in [0.15, 0.2) is 6.10 Å². The largest absolute Gasteiger partial charge is 0.449 e. The van der Waals surface area contributed by atoms with Crippen LogP contribution in [0.15, 0.2) is 77.7 Å². The van der Waals surface area contributed by atoms with Crippen LogP contribution < -0.4 is 4.31 Å². The number of aryl methyl sites for hydroxylation is 1. The molecule has 0 bridgehead atoms. The predicted octanol–water partition coefficient (Wildman–Crippen LogP) is 4.16. The van der Waals surface area contributed by atoms with Crippen LogP contribution in [0, 0.1) is 12.7 Å². The molecule has 0 heterocycles. The van der Waals surface area contributed by atoms with Crippen LogP contribution >= 0.6 is 0 Å². The molecule has 3 rings (SSSR count). The van der Waals surface area contributed by atoms with Crippen LogP contribution in [0.5, 0.6) is 0 Å². The maximum Gasteiger partial charge on any atom is 0.338 e. The number of benzene rings is 3. The first-order valence-corrected chi connectivity index (χ1v) is 12.3. The minimum Gasteiger partial charge on any atom is -0.449 e. The third-order valence-electron chi connectivity index (χ3n) is 5.44. The number of nitrogens with zero attached hydrogens (tertiary/aromatic N) is 2. The molecule has 7 nitrogen and oxygen atoms in total. The summed E-state index contributed by atoms with van der Waals surface area (Å²) in [6.07, 6.45) is -1.13. The number of likely N-dealkylation sites (N-methyl/N-ethyl adjacent to an activating group) is 1. The molecule has 0 fully saturated rings. The molecule has 0 aromatic heterocycles. The maximum absolute atomic E-state index is 13.4. The number of amides is 1. The molecule has 0 aliphatic heterocycles. The predicted molar refractivity (Wildman–Crippen MR) is 131 cm³/mol. The first kappa shape index (κ1) is 25.9. The molecule has 0 radical (unpaired) electrons. The number of esters is 1. The van der Waals surface area contributed by atoms with Gasteiger partial charge in [-0.2, -0.15) is 0 Å². The molecule has 3 aromatic rings. The van der Waals surface area contributed by atoms with Crippen molar-refractivity contribution in [2.75, 3.05) is 18.4 Å². The van der Waals surface area contributed by atoms with E-state index in [2.05, 4.69) is 0 Å². The molecule has 1 atom stereocenters. The van der Waals surface area contributed by atoms with Gasteiger partial charge in [-0.05, 0) is 61.9 Å². The van der Waals surface area contributed by atoms with Crippen molar-refractivity contribution in [2.45, 2.75) is 31.4 Å². The standard InChI is InChI=1S/C26H27FN2O5S/c1-18-11-13-23(14-12-18)29(4)35(32,33)24-10-6-8-21(16-24)26(31)34-19(2)25(30)28(3)17-20-7-5-9-22(27)15-20/h5-16,19H,17H2,1-4H3. The Bertz CT molecular complexity index is 1330. The number of carbonyl (C=O) groups excluding carboxylic acids is 2. The van der Waals surface area contributed by atoms with Crippen molar-refractivity contribution in [3.8, 4) is 0 Å². The zero-order chi connectivity index (χ0) is 25.8. The lowest BCUT2D eigenvalue weighted by molar-refractivity contribution is -0.139. The average Bonchev–Trinajstić information content (AvgIpc) is 2.83. The number of hydrogen-bond acceptors (Lipinski definition) is 5. The van der Waals surface area contributed by atoms with E-state index >= 15 is 0 Å². The number of halogens is 1. The van der Waals surface area contributed by atoms with E-state index in [-0.39, 0.29) is 17.0 Å². The van der Waals surface area contributed by atoms with Crippen LogP contribution in [0.2, 0.25) is 0 Å². The fourth-order valence-corrected chi connectivity index (χ4v) is 4.65. The molecule has 1 unspecified atom stereocenters. The summed E-state index contributed by atoms with van der Waals surface area (Å²) in [6, 6.07) is 18.3. The smallest absolute Gasteiger partial charge is 0.338 e. The normalized spacial score (nSPS) is 12.0. The minimum absolute atomic E-state index is 0.00388. The molecule has 3 aromatic carbocycles. The van der Waals surface area contributed by atoms with E-state index < -0.39 is 33.8 Å². The second-order valence-corrected chi connectivity index (χ2v) is 10.2. The second-order valence-electron chi connectivity index (χ2n) is 8.21. The quantitative estimate of drug-likeness (QED) is 0.436. The van der Waals surface area contributed by atoms with Crippen molar-refractivity contribution in [1.82, 2.24) is 4.90 Å². The van der Waals surface area contributed by atoms with Crippen molar-refractivity contribution in [3.63, 3.8) is 0 Å². The van der Waals surface area contributed by atoms with E-state index in [9.17, 15) is 22.4 Å². The van der Waals surface area contributed by atoms with Crippen molar-refractivity contribution in [1.29, 1.82) is 0 Å². The molecule has 1 amide bonds. The van der Waals surface area contributed by atoms with Crippen LogP contribution in [-0.2, 0) is 26.1 Å². The van der Waals surface area contributed by atoms with Gasteiger partial charge in [0.25, 0.3) is 15.9 Å². The van der Waals surface area contributed by atoms with Crippen molar-refractivity contribution < 1.29 is 27.1 Å². The Balaban J connectivity index is 1.71. The van der Waals surface area contributed by atoms with Gasteiger partial charge in [-0.3, -0.25) is 9.10 Å². The second kappa shape index (κ2) is 10.7. The summed E-state index contributed by atoms with van der Waals surface area (Å²) >= 11 is 0. The van der Waals surface area contributed by atoms with Gasteiger partial charge in [0.05, 0.1) is 16.1 Å². The van der Waals surface area contributed by atoms with E-state index in [0.717, 1.165) is 9.87 Å². The van der Waals surface area contributed by atoms with E-state index in [1.54, 1.807) is 36.4 Å². The van der Waals surface area contributed by atoms with E-state index in [1.165, 1.54) is 62.3 Å². The molecular weight excluding hydrogens is 471 g/mol. The Morgan fingerprint density at radius 2 is 1.63 bits per heavy atom. The Labute approximate surface area is 204 Å². The molecule has 35 heavy (non-hydrogen) atoms. The molecule has 0 aliphatic rings. The van der Waals surface area contributed by atoms with E-state index in [0.29, 0.717) is 11.3 Å². The molecule has 0 saturated carbocycles. The average molecular weight is 499 g/mol. The minimum atomic E-state index is -3.94. The molecule has 9 heteroatoms. The maximum atomic E-state index is 13.4. The van der Waals surface area contributed by atoms with Gasteiger partial charge in [-0.25, -0.2) is 17.6 Å².